The number of hydrogen-bond acceptors (Lipinski definition) is 4. The van der Waals surface area contributed by atoms with Gasteiger partial charge in [-0.05, 0) is 29.1 Å². The number of benzene rings is 1. The van der Waals surface area contributed by atoms with Gasteiger partial charge in [-0.1, -0.05) is 0 Å². The second-order valence-corrected chi connectivity index (χ2v) is 4.49. The van der Waals surface area contributed by atoms with Crippen molar-refractivity contribution in [2.24, 2.45) is 0 Å². The van der Waals surface area contributed by atoms with Crippen molar-refractivity contribution in [1.29, 1.82) is 0 Å². The topological polar surface area (TPSA) is 55.8 Å². The molecule has 0 atom stereocenters. The van der Waals surface area contributed by atoms with Crippen molar-refractivity contribution in [3.05, 3.63) is 34.5 Å². The Morgan fingerprint density at radius 3 is 2.28 bits per heavy atom. The van der Waals surface area contributed by atoms with Crippen LogP contribution in [0.25, 0.3) is 11.1 Å². The third kappa shape index (κ3) is 2.31. The fraction of sp³-hybridized carbons (Fsp3) is 0.154. The van der Waals surface area contributed by atoms with Crippen molar-refractivity contribution < 1.29 is 19.4 Å². The van der Waals surface area contributed by atoms with E-state index in [1.165, 1.54) is 11.3 Å². The van der Waals surface area contributed by atoms with Crippen LogP contribution in [0.1, 0.15) is 9.67 Å². The van der Waals surface area contributed by atoms with E-state index in [1.807, 2.05) is 0 Å². The van der Waals surface area contributed by atoms with Crippen LogP contribution in [0.2, 0.25) is 0 Å². The number of ether oxygens (including phenoxy) is 2. The summed E-state index contributed by atoms with van der Waals surface area (Å²) in [6, 6.07) is 7.10. The zero-order chi connectivity index (χ0) is 13.1. The molecule has 0 spiro atoms. The van der Waals surface area contributed by atoms with Gasteiger partial charge in [-0.25, -0.2) is 4.79 Å². The van der Waals surface area contributed by atoms with Gasteiger partial charge in [0.2, 0.25) is 0 Å². The Hall–Kier alpha value is -2.01. The van der Waals surface area contributed by atoms with E-state index in [-0.39, 0.29) is 0 Å². The third-order valence-electron chi connectivity index (χ3n) is 2.52. The minimum Gasteiger partial charge on any atom is -0.497 e. The zero-order valence-corrected chi connectivity index (χ0v) is 10.8. The second kappa shape index (κ2) is 5.10. The molecule has 0 unspecified atom stereocenters. The molecule has 2 aromatic rings. The quantitative estimate of drug-likeness (QED) is 0.921. The molecular formula is C13H12O4S. The second-order valence-electron chi connectivity index (χ2n) is 3.57. The van der Waals surface area contributed by atoms with Crippen molar-refractivity contribution in [2.45, 2.75) is 0 Å². The highest BCUT2D eigenvalue weighted by atomic mass is 32.1. The van der Waals surface area contributed by atoms with E-state index in [1.54, 1.807) is 43.9 Å². The smallest absolute Gasteiger partial charge is 0.346 e. The molecule has 1 heterocycles. The summed E-state index contributed by atoms with van der Waals surface area (Å²) in [4.78, 5) is 11.4. The number of carboxylic acid groups (broad SMARTS) is 1. The van der Waals surface area contributed by atoms with E-state index in [0.717, 1.165) is 5.56 Å². The molecule has 4 nitrogen and oxygen atoms in total. The SMILES string of the molecule is COc1cc(OC)cc(-c2ccsc2C(=O)O)c1. The monoisotopic (exact) mass is 264 g/mol. The van der Waals surface area contributed by atoms with Crippen molar-refractivity contribution in [2.75, 3.05) is 14.2 Å². The van der Waals surface area contributed by atoms with Crippen molar-refractivity contribution >= 4 is 17.3 Å². The molecule has 0 aliphatic heterocycles. The van der Waals surface area contributed by atoms with Gasteiger partial charge in [-0.3, -0.25) is 0 Å². The van der Waals surface area contributed by atoms with Gasteiger partial charge in [0.25, 0.3) is 0 Å². The molecule has 0 saturated carbocycles. The predicted octanol–water partition coefficient (Wildman–Crippen LogP) is 3.13. The maximum atomic E-state index is 11.1. The molecule has 2 rings (SSSR count). The molecule has 0 aliphatic rings. The standard InChI is InChI=1S/C13H12O4S/c1-16-9-5-8(6-10(7-9)17-2)11-3-4-18-12(11)13(14)15/h3-7H,1-2H3,(H,14,15). The third-order valence-corrected chi connectivity index (χ3v) is 3.42. The maximum Gasteiger partial charge on any atom is 0.346 e. The van der Waals surface area contributed by atoms with E-state index in [4.69, 9.17) is 14.6 Å². The summed E-state index contributed by atoms with van der Waals surface area (Å²) in [5.74, 6) is 0.334. The largest absolute Gasteiger partial charge is 0.497 e. The first kappa shape index (κ1) is 12.4. The molecule has 1 N–H and O–H groups in total. The lowest BCUT2D eigenvalue weighted by atomic mass is 10.1. The van der Waals surface area contributed by atoms with Crippen LogP contribution in [0.4, 0.5) is 0 Å². The highest BCUT2D eigenvalue weighted by molar-refractivity contribution is 7.12. The highest BCUT2D eigenvalue weighted by Crippen LogP contribution is 2.33. The summed E-state index contributed by atoms with van der Waals surface area (Å²) in [7, 11) is 3.12. The number of hydrogen-bond donors (Lipinski definition) is 1. The summed E-state index contributed by atoms with van der Waals surface area (Å²) in [5, 5.41) is 10.9. The zero-order valence-electron chi connectivity index (χ0n) is 9.97. The van der Waals surface area contributed by atoms with E-state index in [2.05, 4.69) is 0 Å². The number of aromatic carboxylic acids is 1. The van der Waals surface area contributed by atoms with E-state index in [9.17, 15) is 4.79 Å². The van der Waals surface area contributed by atoms with Crippen LogP contribution in [0.5, 0.6) is 11.5 Å². The minimum atomic E-state index is -0.929. The molecule has 0 bridgehead atoms. The average Bonchev–Trinajstić information content (AvgIpc) is 2.87. The van der Waals surface area contributed by atoms with Gasteiger partial charge in [0.15, 0.2) is 0 Å². The summed E-state index contributed by atoms with van der Waals surface area (Å²) in [6.45, 7) is 0. The van der Waals surface area contributed by atoms with E-state index in [0.29, 0.717) is 21.9 Å². The van der Waals surface area contributed by atoms with Gasteiger partial charge in [-0.15, -0.1) is 11.3 Å². The molecule has 1 aromatic heterocycles. The first-order chi connectivity index (χ1) is 8.65. The number of methoxy groups -OCH3 is 2. The van der Waals surface area contributed by atoms with Gasteiger partial charge in [0.05, 0.1) is 14.2 Å². The molecule has 18 heavy (non-hydrogen) atoms. The first-order valence-electron chi connectivity index (χ1n) is 5.20. The molecule has 0 amide bonds. The van der Waals surface area contributed by atoms with E-state index < -0.39 is 5.97 Å². The van der Waals surface area contributed by atoms with Crippen LogP contribution in [-0.2, 0) is 0 Å². The Kier molecular flexibility index (Phi) is 3.53. The molecule has 5 heteroatoms. The van der Waals surface area contributed by atoms with Crippen LogP contribution in [0.15, 0.2) is 29.6 Å². The molecule has 0 aliphatic carbocycles. The van der Waals surface area contributed by atoms with Gasteiger partial charge in [0.1, 0.15) is 16.4 Å². The van der Waals surface area contributed by atoms with Crippen molar-refractivity contribution in [3.8, 4) is 22.6 Å². The summed E-state index contributed by atoms with van der Waals surface area (Å²) < 4.78 is 10.3. The normalized spacial score (nSPS) is 10.1. The molecule has 94 valence electrons. The Morgan fingerprint density at radius 1 is 1.17 bits per heavy atom. The number of thiophene rings is 1. The predicted molar refractivity (Wildman–Crippen MR) is 69.8 cm³/mol. The average molecular weight is 264 g/mol. The lowest BCUT2D eigenvalue weighted by Crippen LogP contribution is -1.95. The summed E-state index contributed by atoms with van der Waals surface area (Å²) in [6.07, 6.45) is 0. The number of carboxylic acids is 1. The Bertz CT molecular complexity index is 552. The van der Waals surface area contributed by atoms with Gasteiger partial charge in [0, 0.05) is 11.6 Å². The van der Waals surface area contributed by atoms with Gasteiger partial charge < -0.3 is 14.6 Å². The minimum absolute atomic E-state index is 0.310. The Labute approximate surface area is 108 Å². The molecule has 0 fully saturated rings. The van der Waals surface area contributed by atoms with Gasteiger partial charge in [-0.2, -0.15) is 0 Å². The molecular weight excluding hydrogens is 252 g/mol. The Morgan fingerprint density at radius 2 is 1.78 bits per heavy atom. The lowest BCUT2D eigenvalue weighted by molar-refractivity contribution is 0.0703. The molecule has 0 saturated heterocycles. The van der Waals surface area contributed by atoms with Crippen LogP contribution in [-0.4, -0.2) is 25.3 Å². The van der Waals surface area contributed by atoms with Crippen LogP contribution < -0.4 is 9.47 Å². The van der Waals surface area contributed by atoms with Crippen LogP contribution >= 0.6 is 11.3 Å². The maximum absolute atomic E-state index is 11.1. The first-order valence-corrected chi connectivity index (χ1v) is 6.08. The van der Waals surface area contributed by atoms with E-state index >= 15 is 0 Å². The summed E-state index contributed by atoms with van der Waals surface area (Å²) in [5.41, 5.74) is 1.44. The van der Waals surface area contributed by atoms with Crippen molar-refractivity contribution in [1.82, 2.24) is 0 Å². The van der Waals surface area contributed by atoms with Crippen molar-refractivity contribution in [3.63, 3.8) is 0 Å². The van der Waals surface area contributed by atoms with Crippen LogP contribution in [0.3, 0.4) is 0 Å². The molecule has 0 radical (unpaired) electrons. The molecule has 1 aromatic carbocycles. The Balaban J connectivity index is 2.55. The van der Waals surface area contributed by atoms with Gasteiger partial charge >= 0.3 is 5.97 Å². The lowest BCUT2D eigenvalue weighted by Gasteiger charge is -2.08. The number of rotatable bonds is 4. The van der Waals surface area contributed by atoms with Crippen LogP contribution in [0, 0.1) is 0 Å². The number of carbonyl (C=O) groups is 1. The fourth-order valence-electron chi connectivity index (χ4n) is 1.67. The fourth-order valence-corrected chi connectivity index (χ4v) is 2.42. The highest BCUT2D eigenvalue weighted by Gasteiger charge is 2.14. The summed E-state index contributed by atoms with van der Waals surface area (Å²) >= 11 is 1.20.